The number of carbonyl (C=O) groups is 4. The molecular formula is C35H44N6O5. The molecule has 3 atom stereocenters. The molecule has 1 fully saturated rings. The second-order valence-corrected chi connectivity index (χ2v) is 12.6. The Morgan fingerprint density at radius 3 is 1.76 bits per heavy atom. The molecule has 46 heavy (non-hydrogen) atoms. The van der Waals surface area contributed by atoms with Gasteiger partial charge in [0.15, 0.2) is 0 Å². The van der Waals surface area contributed by atoms with Gasteiger partial charge < -0.3 is 35.9 Å². The number of likely N-dealkylation sites (tertiary alicyclic amines) is 1. The van der Waals surface area contributed by atoms with Crippen LogP contribution in [-0.4, -0.2) is 75.0 Å². The van der Waals surface area contributed by atoms with Gasteiger partial charge in [0, 0.05) is 60.1 Å². The van der Waals surface area contributed by atoms with Crippen LogP contribution in [-0.2, 0) is 27.2 Å². The number of hydrogen-bond donors (Lipinski definition) is 6. The fourth-order valence-electron chi connectivity index (χ4n) is 6.21. The number of rotatable bonds is 12. The third kappa shape index (κ3) is 8.07. The molecule has 1 aliphatic rings. The van der Waals surface area contributed by atoms with Crippen molar-refractivity contribution >= 4 is 45.6 Å². The highest BCUT2D eigenvalue weighted by Crippen LogP contribution is 2.21. The van der Waals surface area contributed by atoms with Crippen molar-refractivity contribution in [2.24, 2.45) is 5.92 Å². The zero-order valence-corrected chi connectivity index (χ0v) is 26.5. The zero-order chi connectivity index (χ0) is 32.6. The average molecular weight is 629 g/mol. The molecule has 3 heterocycles. The molecule has 0 aliphatic carbocycles. The largest absolute Gasteiger partial charge is 0.480 e. The van der Waals surface area contributed by atoms with Crippen molar-refractivity contribution in [2.45, 2.75) is 76.9 Å². The van der Waals surface area contributed by atoms with Crippen molar-refractivity contribution < 1.29 is 24.3 Å². The molecule has 5 rings (SSSR count). The van der Waals surface area contributed by atoms with E-state index in [-0.39, 0.29) is 24.8 Å². The number of aliphatic carboxylic acids is 1. The van der Waals surface area contributed by atoms with E-state index in [1.807, 2.05) is 62.4 Å². The van der Waals surface area contributed by atoms with Gasteiger partial charge in [-0.3, -0.25) is 9.59 Å². The minimum atomic E-state index is -1.23. The molecule has 11 nitrogen and oxygen atoms in total. The van der Waals surface area contributed by atoms with E-state index in [1.54, 1.807) is 17.3 Å². The van der Waals surface area contributed by atoms with Crippen LogP contribution in [0.15, 0.2) is 60.9 Å². The van der Waals surface area contributed by atoms with E-state index in [0.29, 0.717) is 19.5 Å². The number of aromatic amines is 2. The first-order chi connectivity index (χ1) is 22.2. The topological polar surface area (TPSA) is 159 Å². The molecule has 2 aromatic carbocycles. The maximum absolute atomic E-state index is 13.9. The van der Waals surface area contributed by atoms with E-state index >= 15 is 0 Å². The van der Waals surface area contributed by atoms with Gasteiger partial charge in [0.2, 0.25) is 11.8 Å². The lowest BCUT2D eigenvalue weighted by atomic mass is 10.00. The van der Waals surface area contributed by atoms with Gasteiger partial charge >= 0.3 is 12.0 Å². The van der Waals surface area contributed by atoms with Crippen molar-refractivity contribution in [1.29, 1.82) is 0 Å². The Balaban J connectivity index is 1.37. The summed E-state index contributed by atoms with van der Waals surface area (Å²) in [7, 11) is 0. The summed E-state index contributed by atoms with van der Waals surface area (Å²) in [6, 6.07) is 11.7. The van der Waals surface area contributed by atoms with Crippen LogP contribution in [0, 0.1) is 5.92 Å². The molecule has 11 heteroatoms. The number of benzene rings is 2. The molecule has 4 amide bonds. The van der Waals surface area contributed by atoms with E-state index in [1.165, 1.54) is 0 Å². The van der Waals surface area contributed by atoms with Crippen LogP contribution in [0.1, 0.15) is 57.1 Å². The van der Waals surface area contributed by atoms with Crippen LogP contribution >= 0.6 is 0 Å². The van der Waals surface area contributed by atoms with Crippen molar-refractivity contribution in [3.63, 3.8) is 0 Å². The van der Waals surface area contributed by atoms with Crippen molar-refractivity contribution in [3.05, 3.63) is 72.1 Å². The number of carboxylic acid groups (broad SMARTS) is 1. The van der Waals surface area contributed by atoms with Gasteiger partial charge in [-0.05, 0) is 48.4 Å². The molecule has 2 aromatic heterocycles. The molecular weight excluding hydrogens is 584 g/mol. The fraction of sp³-hybridized carbons (Fsp3) is 0.429. The Labute approximate surface area is 268 Å². The van der Waals surface area contributed by atoms with E-state index in [2.05, 4.69) is 25.9 Å². The summed E-state index contributed by atoms with van der Waals surface area (Å²) >= 11 is 0. The van der Waals surface area contributed by atoms with Gasteiger partial charge in [0.05, 0.1) is 0 Å². The molecule has 244 valence electrons. The summed E-state index contributed by atoms with van der Waals surface area (Å²) in [4.78, 5) is 61.5. The van der Waals surface area contributed by atoms with Crippen LogP contribution in [0.25, 0.3) is 21.8 Å². The second kappa shape index (κ2) is 15.0. The van der Waals surface area contributed by atoms with E-state index in [9.17, 15) is 24.3 Å². The minimum absolute atomic E-state index is 0.0563. The summed E-state index contributed by atoms with van der Waals surface area (Å²) in [6.45, 7) is 5.22. The number of aromatic nitrogens is 2. The highest BCUT2D eigenvalue weighted by molar-refractivity contribution is 5.94. The van der Waals surface area contributed by atoms with Crippen LogP contribution in [0.3, 0.4) is 0 Å². The van der Waals surface area contributed by atoms with Crippen LogP contribution < -0.4 is 16.0 Å². The monoisotopic (exact) mass is 628 g/mol. The number of nitrogens with one attached hydrogen (secondary N) is 5. The lowest BCUT2D eigenvalue weighted by Gasteiger charge is -2.28. The predicted molar refractivity (Wildman–Crippen MR) is 177 cm³/mol. The first-order valence-electron chi connectivity index (χ1n) is 16.2. The molecule has 0 radical (unpaired) electrons. The van der Waals surface area contributed by atoms with Gasteiger partial charge in [0.1, 0.15) is 18.1 Å². The highest BCUT2D eigenvalue weighted by Gasteiger charge is 2.32. The molecule has 4 aromatic rings. The summed E-state index contributed by atoms with van der Waals surface area (Å²) in [6.07, 6.45) is 8.09. The number of carboxylic acids is 1. The zero-order valence-electron chi connectivity index (χ0n) is 26.5. The predicted octanol–water partition coefficient (Wildman–Crippen LogP) is 4.49. The van der Waals surface area contributed by atoms with Gasteiger partial charge in [-0.15, -0.1) is 0 Å². The molecule has 6 N–H and O–H groups in total. The summed E-state index contributed by atoms with van der Waals surface area (Å²) in [5.41, 5.74) is 3.31. The Kier molecular flexibility index (Phi) is 10.6. The Morgan fingerprint density at radius 1 is 0.717 bits per heavy atom. The smallest absolute Gasteiger partial charge is 0.326 e. The number of fused-ring (bicyclic) bond motifs is 2. The molecule has 0 bridgehead atoms. The third-order valence-corrected chi connectivity index (χ3v) is 8.66. The summed E-state index contributed by atoms with van der Waals surface area (Å²) in [5.74, 6) is -2.19. The van der Waals surface area contributed by atoms with Gasteiger partial charge in [-0.1, -0.05) is 63.1 Å². The number of amides is 4. The van der Waals surface area contributed by atoms with Crippen molar-refractivity contribution in [3.8, 4) is 0 Å². The van der Waals surface area contributed by atoms with Crippen LogP contribution in [0.5, 0.6) is 0 Å². The maximum atomic E-state index is 13.9. The number of urea groups is 1. The number of para-hydroxylation sites is 2. The van der Waals surface area contributed by atoms with Crippen LogP contribution in [0.4, 0.5) is 4.79 Å². The van der Waals surface area contributed by atoms with Crippen molar-refractivity contribution in [2.75, 3.05) is 13.1 Å². The van der Waals surface area contributed by atoms with E-state index in [0.717, 1.165) is 58.6 Å². The number of carbonyl (C=O) groups excluding carboxylic acids is 3. The maximum Gasteiger partial charge on any atom is 0.326 e. The minimum Gasteiger partial charge on any atom is -0.480 e. The number of hydrogen-bond acceptors (Lipinski definition) is 4. The quantitative estimate of drug-likeness (QED) is 0.136. The second-order valence-electron chi connectivity index (χ2n) is 12.6. The fourth-order valence-corrected chi connectivity index (χ4v) is 6.21. The van der Waals surface area contributed by atoms with E-state index < -0.39 is 35.9 Å². The molecule has 0 saturated carbocycles. The summed E-state index contributed by atoms with van der Waals surface area (Å²) in [5, 5.41) is 20.4. The first-order valence-corrected chi connectivity index (χ1v) is 16.2. The van der Waals surface area contributed by atoms with E-state index in [4.69, 9.17) is 0 Å². The van der Waals surface area contributed by atoms with Gasteiger partial charge in [0.25, 0.3) is 0 Å². The molecule has 0 spiro atoms. The molecule has 1 aliphatic heterocycles. The SMILES string of the molecule is CC(C)C[C@H](NC(=O)N1CCCCCC1)C(=O)NC(Cc1c[nH]c2ccccc12)C(=O)N[C@H](Cc1c[nH]c2ccccc12)C(=O)O. The Morgan fingerprint density at radius 2 is 1.22 bits per heavy atom. The lowest BCUT2D eigenvalue weighted by Crippen LogP contribution is -2.58. The Bertz CT molecular complexity index is 1670. The normalized spacial score (nSPS) is 15.7. The number of H-pyrrole nitrogens is 2. The Hall–Kier alpha value is -4.80. The standard InChI is InChI=1S/C35H44N6O5/c1-22(2)17-29(40-35(46)41-15-9-3-4-10-16-41)32(42)38-30(18-23-20-36-27-13-7-5-11-25(23)27)33(43)39-31(34(44)45)19-24-21-37-28-14-8-6-12-26(24)28/h5-8,11-14,20-22,29-31,36-37H,3-4,9-10,15-19H2,1-2H3,(H,38,42)(H,39,43)(H,40,46)(H,44,45)/t29-,30?,31+/m0/s1. The molecule has 1 unspecified atom stereocenters. The van der Waals surface area contributed by atoms with Crippen molar-refractivity contribution in [1.82, 2.24) is 30.8 Å². The highest BCUT2D eigenvalue weighted by atomic mass is 16.4. The van der Waals surface area contributed by atoms with Gasteiger partial charge in [-0.25, -0.2) is 9.59 Å². The third-order valence-electron chi connectivity index (χ3n) is 8.66. The lowest BCUT2D eigenvalue weighted by molar-refractivity contribution is -0.142. The first kappa shape index (κ1) is 32.6. The van der Waals surface area contributed by atoms with Crippen LogP contribution in [0.2, 0.25) is 0 Å². The summed E-state index contributed by atoms with van der Waals surface area (Å²) < 4.78 is 0. The molecule has 1 saturated heterocycles. The average Bonchev–Trinajstić information content (AvgIpc) is 3.52. The van der Waals surface area contributed by atoms with Gasteiger partial charge in [-0.2, -0.15) is 0 Å². The number of nitrogens with zero attached hydrogens (tertiary/aromatic N) is 1.